The minimum Gasteiger partial charge on any atom is -0.489 e. The van der Waals surface area contributed by atoms with E-state index in [9.17, 15) is 19.5 Å². The molecule has 1 aliphatic heterocycles. The molecule has 9 nitrogen and oxygen atoms in total. The summed E-state index contributed by atoms with van der Waals surface area (Å²) in [6.07, 6.45) is -1.85. The molecule has 3 atom stereocenters. The Bertz CT molecular complexity index is 1300. The van der Waals surface area contributed by atoms with Crippen molar-refractivity contribution in [3.8, 4) is 5.75 Å². The summed E-state index contributed by atoms with van der Waals surface area (Å²) in [5.41, 5.74) is 2.36. The second-order valence-corrected chi connectivity index (χ2v) is 9.87. The second kappa shape index (κ2) is 14.1. The number of carbonyl (C=O) groups is 3. The highest BCUT2D eigenvalue weighted by Gasteiger charge is 2.41. The molecule has 0 unspecified atom stereocenters. The molecule has 1 saturated heterocycles. The standard InChI is InChI=1S/C29H28Cl2N2O7/c30-22-7-4-8-23(31)21(22)16-38-20-11-9-19(10-12-20)15-24(29(36)37)33-28(35)26-25(39-17-40-26)27(34)32-14-13-18-5-2-1-3-6-18/h1-12,24-26H,13-17H2,(H,32,34)(H,33,35)(H,36,37)/t24-,25+,26+/m0/s1. The van der Waals surface area contributed by atoms with Crippen LogP contribution in [0.25, 0.3) is 0 Å². The number of ether oxygens (including phenoxy) is 3. The maximum atomic E-state index is 12.9. The van der Waals surface area contributed by atoms with E-state index in [0.717, 1.165) is 5.56 Å². The first kappa shape index (κ1) is 29.4. The summed E-state index contributed by atoms with van der Waals surface area (Å²) in [4.78, 5) is 37.4. The summed E-state index contributed by atoms with van der Waals surface area (Å²) in [5, 5.41) is 15.9. The van der Waals surface area contributed by atoms with Crippen LogP contribution < -0.4 is 15.4 Å². The maximum absolute atomic E-state index is 12.9. The Hall–Kier alpha value is -3.63. The number of nitrogens with one attached hydrogen (secondary N) is 2. The van der Waals surface area contributed by atoms with Gasteiger partial charge in [0, 0.05) is 28.6 Å². The Morgan fingerprint density at radius 3 is 2.17 bits per heavy atom. The normalized spacial score (nSPS) is 17.1. The topological polar surface area (TPSA) is 123 Å². The lowest BCUT2D eigenvalue weighted by molar-refractivity contribution is -0.144. The lowest BCUT2D eigenvalue weighted by Crippen LogP contribution is -2.52. The number of aliphatic carboxylic acids is 1. The third-order valence-corrected chi connectivity index (χ3v) is 6.97. The molecule has 1 aliphatic rings. The van der Waals surface area contributed by atoms with Crippen LogP contribution in [-0.4, -0.2) is 54.5 Å². The number of amides is 2. The molecule has 0 spiro atoms. The molecule has 0 bridgehead atoms. The van der Waals surface area contributed by atoms with Gasteiger partial charge in [0.15, 0.2) is 12.2 Å². The highest BCUT2D eigenvalue weighted by atomic mass is 35.5. The van der Waals surface area contributed by atoms with Gasteiger partial charge < -0.3 is 30.0 Å². The van der Waals surface area contributed by atoms with E-state index in [1.54, 1.807) is 42.5 Å². The lowest BCUT2D eigenvalue weighted by Gasteiger charge is -2.20. The average Bonchev–Trinajstić information content (AvgIpc) is 3.44. The van der Waals surface area contributed by atoms with Crippen molar-refractivity contribution >= 4 is 41.0 Å². The Morgan fingerprint density at radius 2 is 1.52 bits per heavy atom. The fourth-order valence-corrected chi connectivity index (χ4v) is 4.61. The zero-order chi connectivity index (χ0) is 28.5. The van der Waals surface area contributed by atoms with Crippen LogP contribution >= 0.6 is 23.2 Å². The van der Waals surface area contributed by atoms with Crippen LogP contribution in [0.5, 0.6) is 5.75 Å². The number of rotatable bonds is 12. The van der Waals surface area contributed by atoms with Crippen LogP contribution in [0.2, 0.25) is 10.0 Å². The van der Waals surface area contributed by atoms with Crippen LogP contribution in [0, 0.1) is 0 Å². The lowest BCUT2D eigenvalue weighted by atomic mass is 10.0. The van der Waals surface area contributed by atoms with Crippen LogP contribution in [-0.2, 0) is 43.3 Å². The molecule has 0 aliphatic carbocycles. The van der Waals surface area contributed by atoms with E-state index in [1.807, 2.05) is 30.3 Å². The molecule has 40 heavy (non-hydrogen) atoms. The van der Waals surface area contributed by atoms with Gasteiger partial charge in [0.05, 0.1) is 0 Å². The molecule has 0 radical (unpaired) electrons. The van der Waals surface area contributed by atoms with E-state index < -0.39 is 36.0 Å². The number of carboxylic acid groups (broad SMARTS) is 1. The van der Waals surface area contributed by atoms with Gasteiger partial charge in [0.25, 0.3) is 11.8 Å². The monoisotopic (exact) mass is 586 g/mol. The van der Waals surface area contributed by atoms with E-state index in [4.69, 9.17) is 37.4 Å². The van der Waals surface area contributed by atoms with Crippen molar-refractivity contribution in [2.45, 2.75) is 37.7 Å². The number of carbonyl (C=O) groups excluding carboxylic acids is 2. The van der Waals surface area contributed by atoms with Crippen molar-refractivity contribution in [1.29, 1.82) is 0 Å². The fraction of sp³-hybridized carbons (Fsp3) is 0.276. The van der Waals surface area contributed by atoms with Gasteiger partial charge in [-0.1, -0.05) is 71.7 Å². The molecule has 3 N–H and O–H groups in total. The van der Waals surface area contributed by atoms with Gasteiger partial charge in [-0.15, -0.1) is 0 Å². The Balaban J connectivity index is 1.29. The molecule has 0 saturated carbocycles. The molecular formula is C29H28Cl2N2O7. The first-order valence-electron chi connectivity index (χ1n) is 12.5. The van der Waals surface area contributed by atoms with Crippen LogP contribution in [0.4, 0.5) is 0 Å². The van der Waals surface area contributed by atoms with Gasteiger partial charge in [0.2, 0.25) is 0 Å². The maximum Gasteiger partial charge on any atom is 0.326 e. The summed E-state index contributed by atoms with van der Waals surface area (Å²) < 4.78 is 16.4. The van der Waals surface area contributed by atoms with Crippen molar-refractivity contribution in [2.24, 2.45) is 0 Å². The van der Waals surface area contributed by atoms with Crippen molar-refractivity contribution in [3.05, 3.63) is 99.5 Å². The van der Waals surface area contributed by atoms with Gasteiger partial charge in [-0.2, -0.15) is 0 Å². The third-order valence-electron chi connectivity index (χ3n) is 6.27. The summed E-state index contributed by atoms with van der Waals surface area (Å²) in [6.45, 7) is 0.253. The zero-order valence-electron chi connectivity index (χ0n) is 21.3. The second-order valence-electron chi connectivity index (χ2n) is 9.06. The molecule has 2 amide bonds. The minimum atomic E-state index is -1.27. The van der Waals surface area contributed by atoms with E-state index in [-0.39, 0.29) is 19.8 Å². The Labute approximate surface area is 241 Å². The van der Waals surface area contributed by atoms with Crippen molar-refractivity contribution in [1.82, 2.24) is 10.6 Å². The summed E-state index contributed by atoms with van der Waals surface area (Å²) in [7, 11) is 0. The number of benzene rings is 3. The first-order valence-corrected chi connectivity index (χ1v) is 13.3. The summed E-state index contributed by atoms with van der Waals surface area (Å²) >= 11 is 12.3. The smallest absolute Gasteiger partial charge is 0.326 e. The van der Waals surface area contributed by atoms with Crippen LogP contribution in [0.15, 0.2) is 72.8 Å². The molecule has 3 aromatic rings. The van der Waals surface area contributed by atoms with Gasteiger partial charge in [-0.3, -0.25) is 9.59 Å². The van der Waals surface area contributed by atoms with E-state index in [1.165, 1.54) is 0 Å². The SMILES string of the molecule is O=C(O)[C@H](Cc1ccc(OCc2c(Cl)cccc2Cl)cc1)NC(=O)[C@@H]1OCO[C@H]1C(=O)NCCc1ccccc1. The quantitative estimate of drug-likeness (QED) is 0.295. The highest BCUT2D eigenvalue weighted by Crippen LogP contribution is 2.26. The van der Waals surface area contributed by atoms with Crippen molar-refractivity contribution in [2.75, 3.05) is 13.3 Å². The van der Waals surface area contributed by atoms with Gasteiger partial charge in [-0.05, 0) is 41.8 Å². The van der Waals surface area contributed by atoms with Gasteiger partial charge >= 0.3 is 5.97 Å². The van der Waals surface area contributed by atoms with E-state index >= 15 is 0 Å². The first-order chi connectivity index (χ1) is 19.3. The Kier molecular flexibility index (Phi) is 10.4. The van der Waals surface area contributed by atoms with Crippen LogP contribution in [0.3, 0.4) is 0 Å². The number of halogens is 2. The number of hydrogen-bond donors (Lipinski definition) is 3. The number of hydrogen-bond acceptors (Lipinski definition) is 6. The highest BCUT2D eigenvalue weighted by molar-refractivity contribution is 6.35. The fourth-order valence-electron chi connectivity index (χ4n) is 4.10. The average molecular weight is 587 g/mol. The largest absolute Gasteiger partial charge is 0.489 e. The van der Waals surface area contributed by atoms with Crippen molar-refractivity contribution in [3.63, 3.8) is 0 Å². The summed E-state index contributed by atoms with van der Waals surface area (Å²) in [6, 6.07) is 20.3. The minimum absolute atomic E-state index is 0.000783. The third kappa shape index (κ3) is 7.95. The predicted molar refractivity (Wildman–Crippen MR) is 148 cm³/mol. The Morgan fingerprint density at radius 1 is 0.875 bits per heavy atom. The van der Waals surface area contributed by atoms with Gasteiger partial charge in [-0.25, -0.2) is 4.79 Å². The zero-order valence-corrected chi connectivity index (χ0v) is 22.9. The van der Waals surface area contributed by atoms with E-state index in [2.05, 4.69) is 10.6 Å². The molecule has 0 aromatic heterocycles. The molecular weight excluding hydrogens is 559 g/mol. The predicted octanol–water partition coefficient (Wildman–Crippen LogP) is 3.78. The molecule has 210 valence electrons. The molecule has 11 heteroatoms. The molecule has 1 fully saturated rings. The number of carboxylic acids is 1. The molecule has 4 rings (SSSR count). The van der Waals surface area contributed by atoms with Gasteiger partial charge in [0.1, 0.15) is 25.2 Å². The van der Waals surface area contributed by atoms with Crippen LogP contribution in [0.1, 0.15) is 16.7 Å². The molecule has 1 heterocycles. The van der Waals surface area contributed by atoms with Crippen molar-refractivity contribution < 1.29 is 33.7 Å². The summed E-state index contributed by atoms with van der Waals surface area (Å²) in [5.74, 6) is -1.95. The molecule has 3 aromatic carbocycles. The van der Waals surface area contributed by atoms with E-state index in [0.29, 0.717) is 39.9 Å².